The molecule has 2 N–H and O–H groups in total. The molecule has 1 aliphatic heterocycles. The monoisotopic (exact) mass is 533 g/mol. The van der Waals surface area contributed by atoms with E-state index in [1.165, 1.54) is 0 Å². The lowest BCUT2D eigenvalue weighted by molar-refractivity contribution is -0.141. The Bertz CT molecular complexity index is 1290. The number of amides is 2. The SMILES string of the molecule is NC(=O)C1CC2CC2([C@@H](c2cc(F)c(C(F)(F)F)cc2F)C2CC2)N1C(=O)c1ccnc(C(F)(F)F)c1. The first-order valence-corrected chi connectivity index (χ1v) is 11.4. The van der Waals surface area contributed by atoms with Gasteiger partial charge in [0.1, 0.15) is 23.4 Å². The predicted molar refractivity (Wildman–Crippen MR) is 111 cm³/mol. The summed E-state index contributed by atoms with van der Waals surface area (Å²) in [6.45, 7) is 0. The van der Waals surface area contributed by atoms with E-state index in [-0.39, 0.29) is 30.4 Å². The number of nitrogens with two attached hydrogens (primary N) is 1. The molecule has 1 aromatic carbocycles. The molecule has 198 valence electrons. The number of carbonyl (C=O) groups is 2. The normalized spacial score (nSPS) is 26.1. The van der Waals surface area contributed by atoms with Gasteiger partial charge in [-0.15, -0.1) is 0 Å². The Balaban J connectivity index is 1.61. The number of halogens is 8. The fourth-order valence-corrected chi connectivity index (χ4v) is 5.92. The highest BCUT2D eigenvalue weighted by atomic mass is 19.4. The quantitative estimate of drug-likeness (QED) is 0.547. The van der Waals surface area contributed by atoms with Gasteiger partial charge in [0.15, 0.2) is 0 Å². The summed E-state index contributed by atoms with van der Waals surface area (Å²) < 4.78 is 109. The van der Waals surface area contributed by atoms with Crippen LogP contribution in [0.15, 0.2) is 30.5 Å². The number of likely N-dealkylation sites (tertiary alicyclic amines) is 1. The molecule has 3 unspecified atom stereocenters. The molecule has 1 saturated heterocycles. The van der Waals surface area contributed by atoms with Crippen LogP contribution in [-0.4, -0.2) is 33.3 Å². The Kier molecular flexibility index (Phi) is 5.58. The zero-order valence-electron chi connectivity index (χ0n) is 18.8. The second-order valence-corrected chi connectivity index (χ2v) is 9.82. The topological polar surface area (TPSA) is 76.3 Å². The molecule has 13 heteroatoms. The lowest BCUT2D eigenvalue weighted by Gasteiger charge is -2.39. The highest BCUT2D eigenvalue weighted by molar-refractivity contribution is 5.99. The summed E-state index contributed by atoms with van der Waals surface area (Å²) in [5.74, 6) is -6.65. The summed E-state index contributed by atoms with van der Waals surface area (Å²) in [5.41, 5.74) is 0.271. The van der Waals surface area contributed by atoms with Crippen LogP contribution in [0.3, 0.4) is 0 Å². The summed E-state index contributed by atoms with van der Waals surface area (Å²) in [5, 5.41) is 0. The van der Waals surface area contributed by atoms with Crippen LogP contribution in [0.4, 0.5) is 35.1 Å². The smallest absolute Gasteiger partial charge is 0.368 e. The number of fused-ring (bicyclic) bond motifs is 1. The molecule has 5 rings (SSSR count). The minimum atomic E-state index is -5.14. The fourth-order valence-electron chi connectivity index (χ4n) is 5.92. The molecule has 0 radical (unpaired) electrons. The Morgan fingerprint density at radius 3 is 2.27 bits per heavy atom. The predicted octanol–water partition coefficient (Wildman–Crippen LogP) is 5.05. The van der Waals surface area contributed by atoms with Crippen LogP contribution in [0.2, 0.25) is 0 Å². The first-order valence-electron chi connectivity index (χ1n) is 11.4. The van der Waals surface area contributed by atoms with Gasteiger partial charge >= 0.3 is 12.4 Å². The Morgan fingerprint density at radius 1 is 1.03 bits per heavy atom. The van der Waals surface area contributed by atoms with Gasteiger partial charge in [0.05, 0.1) is 11.1 Å². The van der Waals surface area contributed by atoms with E-state index < -0.39 is 76.0 Å². The number of primary amides is 1. The Labute approximate surface area is 204 Å². The van der Waals surface area contributed by atoms with Crippen LogP contribution in [0.5, 0.6) is 0 Å². The summed E-state index contributed by atoms with van der Waals surface area (Å²) in [6, 6.07) is 0.855. The van der Waals surface area contributed by atoms with Crippen molar-refractivity contribution < 1.29 is 44.7 Å². The van der Waals surface area contributed by atoms with E-state index in [9.17, 15) is 40.3 Å². The van der Waals surface area contributed by atoms with Gasteiger partial charge in [-0.25, -0.2) is 8.78 Å². The second kappa shape index (κ2) is 8.12. The van der Waals surface area contributed by atoms with Gasteiger partial charge in [-0.1, -0.05) is 0 Å². The summed E-state index contributed by atoms with van der Waals surface area (Å²) in [7, 11) is 0. The van der Waals surface area contributed by atoms with Crippen LogP contribution >= 0.6 is 0 Å². The van der Waals surface area contributed by atoms with Crippen molar-refractivity contribution in [2.45, 2.75) is 55.5 Å². The molecule has 0 spiro atoms. The molecular formula is C24H19F8N3O2. The zero-order chi connectivity index (χ0) is 27.1. The molecule has 4 atom stereocenters. The number of carbonyl (C=O) groups excluding carboxylic acids is 2. The first kappa shape index (κ1) is 25.4. The van der Waals surface area contributed by atoms with Crippen molar-refractivity contribution in [3.05, 3.63) is 64.5 Å². The van der Waals surface area contributed by atoms with Gasteiger partial charge in [-0.2, -0.15) is 26.3 Å². The van der Waals surface area contributed by atoms with Gasteiger partial charge < -0.3 is 10.6 Å². The molecule has 5 nitrogen and oxygen atoms in total. The van der Waals surface area contributed by atoms with Crippen LogP contribution in [0.25, 0.3) is 0 Å². The van der Waals surface area contributed by atoms with Crippen LogP contribution in [0.1, 0.15) is 58.8 Å². The number of piperidine rings is 1. The van der Waals surface area contributed by atoms with E-state index >= 15 is 4.39 Å². The van der Waals surface area contributed by atoms with Crippen molar-refractivity contribution in [2.75, 3.05) is 0 Å². The number of hydrogen-bond donors (Lipinski definition) is 1. The summed E-state index contributed by atoms with van der Waals surface area (Å²) in [6.07, 6.45) is -7.93. The average Bonchev–Trinajstić information content (AvgIpc) is 3.72. The molecule has 2 saturated carbocycles. The number of benzene rings is 1. The Morgan fingerprint density at radius 2 is 1.70 bits per heavy atom. The first-order chi connectivity index (χ1) is 17.2. The maximum Gasteiger partial charge on any atom is 0.433 e. The number of alkyl halides is 6. The minimum Gasteiger partial charge on any atom is -0.368 e. The highest BCUT2D eigenvalue weighted by Gasteiger charge is 2.73. The largest absolute Gasteiger partial charge is 0.433 e. The van der Waals surface area contributed by atoms with Crippen molar-refractivity contribution in [1.82, 2.24) is 9.88 Å². The summed E-state index contributed by atoms with van der Waals surface area (Å²) >= 11 is 0. The molecule has 2 heterocycles. The number of rotatable bonds is 5. The second-order valence-electron chi connectivity index (χ2n) is 9.82. The molecular weight excluding hydrogens is 514 g/mol. The van der Waals surface area contributed by atoms with Gasteiger partial charge in [0, 0.05) is 17.7 Å². The third-order valence-electron chi connectivity index (χ3n) is 7.59. The van der Waals surface area contributed by atoms with Gasteiger partial charge in [-0.3, -0.25) is 14.6 Å². The van der Waals surface area contributed by atoms with E-state index in [4.69, 9.17) is 5.73 Å². The van der Waals surface area contributed by atoms with Crippen molar-refractivity contribution in [2.24, 2.45) is 17.6 Å². The molecule has 1 aromatic heterocycles. The third kappa shape index (κ3) is 4.11. The van der Waals surface area contributed by atoms with Gasteiger partial charge in [0.25, 0.3) is 5.91 Å². The van der Waals surface area contributed by atoms with E-state index in [1.54, 1.807) is 0 Å². The minimum absolute atomic E-state index is 0.0479. The van der Waals surface area contributed by atoms with E-state index in [1.807, 2.05) is 0 Å². The molecule has 2 amide bonds. The maximum atomic E-state index is 15.1. The van der Waals surface area contributed by atoms with Crippen molar-refractivity contribution >= 4 is 11.8 Å². The van der Waals surface area contributed by atoms with Crippen LogP contribution < -0.4 is 5.73 Å². The zero-order valence-corrected chi connectivity index (χ0v) is 18.8. The van der Waals surface area contributed by atoms with Gasteiger partial charge in [-0.05, 0) is 67.3 Å². The highest BCUT2D eigenvalue weighted by Crippen LogP contribution is 2.69. The van der Waals surface area contributed by atoms with Crippen molar-refractivity contribution in [3.8, 4) is 0 Å². The summed E-state index contributed by atoms with van der Waals surface area (Å²) in [4.78, 5) is 30.2. The fraction of sp³-hybridized carbons (Fsp3) is 0.458. The molecule has 3 fully saturated rings. The number of nitrogens with zero attached hydrogens (tertiary/aromatic N) is 2. The molecule has 3 aliphatic rings. The van der Waals surface area contributed by atoms with E-state index in [2.05, 4.69) is 4.98 Å². The van der Waals surface area contributed by atoms with Crippen molar-refractivity contribution in [1.29, 1.82) is 0 Å². The molecule has 2 aromatic rings. The number of pyridine rings is 1. The maximum absolute atomic E-state index is 15.1. The van der Waals surface area contributed by atoms with E-state index in [0.717, 1.165) is 17.2 Å². The molecule has 2 aliphatic carbocycles. The average molecular weight is 533 g/mol. The lowest BCUT2D eigenvalue weighted by atomic mass is 9.82. The standard InChI is InChI=1S/C24H19F8N3O2/c25-15-8-14(23(27,28)29)16(26)7-13(15)19(10-1-2-10)22-9-12(22)6-17(20(33)36)35(22)21(37)11-3-4-34-18(5-11)24(30,31)32/h3-5,7-8,10,12,17,19H,1-2,6,9H2,(H2,33,36)/t12?,17?,19-,22?/m1/s1. The van der Waals surface area contributed by atoms with Crippen LogP contribution in [-0.2, 0) is 17.1 Å². The van der Waals surface area contributed by atoms with Crippen LogP contribution in [0, 0.1) is 23.5 Å². The molecule has 37 heavy (non-hydrogen) atoms. The van der Waals surface area contributed by atoms with Gasteiger partial charge in [0.2, 0.25) is 5.91 Å². The van der Waals surface area contributed by atoms with Crippen molar-refractivity contribution in [3.63, 3.8) is 0 Å². The Hall–Kier alpha value is -3.25. The van der Waals surface area contributed by atoms with E-state index in [0.29, 0.717) is 25.0 Å². The third-order valence-corrected chi connectivity index (χ3v) is 7.59. The number of aromatic nitrogens is 1. The molecule has 0 bridgehead atoms. The lowest BCUT2D eigenvalue weighted by Crippen LogP contribution is -2.53. The number of hydrogen-bond acceptors (Lipinski definition) is 3.